The van der Waals surface area contributed by atoms with Crippen molar-refractivity contribution in [1.82, 2.24) is 30.8 Å². The number of ether oxygens (including phenoxy) is 2. The van der Waals surface area contributed by atoms with Crippen LogP contribution in [-0.4, -0.2) is 94.3 Å². The number of hydroxylamine groups is 2. The molecule has 2 unspecified atom stereocenters. The molecule has 2 saturated heterocycles. The lowest BCUT2D eigenvalue weighted by Crippen LogP contribution is -2.48. The number of rotatable bonds is 7. The minimum absolute atomic E-state index is 0.0142. The highest BCUT2D eigenvalue weighted by Crippen LogP contribution is 2.39. The van der Waals surface area contributed by atoms with Gasteiger partial charge in [0.25, 0.3) is 0 Å². The van der Waals surface area contributed by atoms with E-state index in [1.54, 1.807) is 41.5 Å². The van der Waals surface area contributed by atoms with Crippen molar-refractivity contribution in [2.75, 3.05) is 13.1 Å². The summed E-state index contributed by atoms with van der Waals surface area (Å²) in [4.78, 5) is 43.6. The molecule has 2 fully saturated rings. The van der Waals surface area contributed by atoms with Crippen molar-refractivity contribution in [3.63, 3.8) is 0 Å². The van der Waals surface area contributed by atoms with Crippen LogP contribution in [0.3, 0.4) is 0 Å². The molecule has 3 rings (SSSR count). The average molecular weight is 640 g/mol. The number of piperidine rings is 1. The van der Waals surface area contributed by atoms with Crippen molar-refractivity contribution >= 4 is 32.5 Å². The van der Waals surface area contributed by atoms with Crippen LogP contribution in [0.15, 0.2) is 9.41 Å². The second-order valence-corrected chi connectivity index (χ2v) is 19.5. The Kier molecular flexibility index (Phi) is 10.4. The second-order valence-electron chi connectivity index (χ2n) is 14.7. The van der Waals surface area contributed by atoms with Gasteiger partial charge in [-0.25, -0.2) is 24.4 Å². The third-order valence-corrected chi connectivity index (χ3v) is 12.0. The van der Waals surface area contributed by atoms with Gasteiger partial charge in [0.05, 0.1) is 25.1 Å². The molecule has 16 heteroatoms. The van der Waals surface area contributed by atoms with E-state index in [4.69, 9.17) is 18.3 Å². The van der Waals surface area contributed by atoms with Gasteiger partial charge < -0.3 is 23.2 Å². The Labute approximate surface area is 260 Å². The number of aromatic nitrogens is 2. The number of fused-ring (bicyclic) bond motifs is 2. The first kappa shape index (κ1) is 35.2. The summed E-state index contributed by atoms with van der Waals surface area (Å²) in [5.74, 6) is 0.409. The number of carbonyl (C=O) groups excluding carboxylic acids is 3. The summed E-state index contributed by atoms with van der Waals surface area (Å²) in [5.41, 5.74) is -1.56. The Morgan fingerprint density at radius 3 is 2.11 bits per heavy atom. The smallest absolute Gasteiger partial charge is 0.414 e. The van der Waals surface area contributed by atoms with E-state index in [1.165, 1.54) is 4.90 Å². The zero-order valence-corrected chi connectivity index (χ0v) is 28.8. The SMILES string of the molecule is CC(C)(C)OC(=O)NC(=NCC(Cc1nnc([C@@H]2CCC3CN2C(=O)N3O)o1)O[Si](C)(C)C(C)(C)C)NC(=O)OC(C)(C)C. The highest BCUT2D eigenvalue weighted by Gasteiger charge is 2.47. The van der Waals surface area contributed by atoms with E-state index in [2.05, 4.69) is 59.7 Å². The Balaban J connectivity index is 1.84. The van der Waals surface area contributed by atoms with Crippen molar-refractivity contribution < 1.29 is 37.9 Å². The first-order chi connectivity index (χ1) is 20.0. The molecule has 0 radical (unpaired) electrons. The number of hydrogen-bond acceptors (Lipinski definition) is 11. The maximum Gasteiger partial charge on any atom is 0.414 e. The molecule has 3 atom stereocenters. The molecule has 0 spiro atoms. The van der Waals surface area contributed by atoms with Crippen molar-refractivity contribution in [3.05, 3.63) is 11.8 Å². The van der Waals surface area contributed by atoms with E-state index >= 15 is 0 Å². The average Bonchev–Trinajstić information content (AvgIpc) is 3.38. The maximum absolute atomic E-state index is 12.6. The van der Waals surface area contributed by atoms with Gasteiger partial charge in [0.15, 0.2) is 8.32 Å². The molecule has 1 aromatic heterocycles. The largest absolute Gasteiger partial charge is 0.444 e. The van der Waals surface area contributed by atoms with Crippen LogP contribution < -0.4 is 10.6 Å². The Morgan fingerprint density at radius 2 is 1.59 bits per heavy atom. The van der Waals surface area contributed by atoms with Crippen LogP contribution in [0.5, 0.6) is 0 Å². The molecule has 3 N–H and O–H groups in total. The standard InChI is InChI=1S/C28H49N7O8Si/c1-26(2,3)41-23(36)30-22(31-24(37)42-27(4,5)6)29-15-18(43-44(10,11)28(7,8)9)14-20-32-33-21(40-20)19-13-12-17-16-34(19)25(38)35(17)39/h17-19,39H,12-16H2,1-11H3,(H2,29,30,31,36,37)/t17?,18?,19-/m0/s1. The van der Waals surface area contributed by atoms with Crippen molar-refractivity contribution in [3.8, 4) is 0 Å². The van der Waals surface area contributed by atoms with Gasteiger partial charge in [-0.1, -0.05) is 20.8 Å². The van der Waals surface area contributed by atoms with Gasteiger partial charge in [0.1, 0.15) is 17.2 Å². The number of amides is 4. The number of nitrogens with zero attached hydrogens (tertiary/aromatic N) is 5. The van der Waals surface area contributed by atoms with E-state index in [1.807, 2.05) is 0 Å². The van der Waals surface area contributed by atoms with Gasteiger partial charge in [0, 0.05) is 6.54 Å². The number of aliphatic imine (C=N–C) groups is 1. The number of urea groups is 1. The lowest BCUT2D eigenvalue weighted by Gasteiger charge is -2.38. The molecule has 0 aromatic carbocycles. The normalized spacial score (nSPS) is 19.9. The summed E-state index contributed by atoms with van der Waals surface area (Å²) in [5, 5.41) is 24.1. The molecule has 1 aromatic rings. The molecule has 3 heterocycles. The number of nitrogens with one attached hydrogen (secondary N) is 2. The number of carbonyl (C=O) groups is 3. The predicted octanol–water partition coefficient (Wildman–Crippen LogP) is 4.74. The van der Waals surface area contributed by atoms with Crippen molar-refractivity contribution in [2.45, 2.75) is 129 Å². The quantitative estimate of drug-likeness (QED) is 0.163. The fourth-order valence-corrected chi connectivity index (χ4v) is 5.77. The Morgan fingerprint density at radius 1 is 1.02 bits per heavy atom. The summed E-state index contributed by atoms with van der Waals surface area (Å²) in [6, 6.07) is -1.15. The zero-order chi connectivity index (χ0) is 33.3. The van der Waals surface area contributed by atoms with Crippen LogP contribution >= 0.6 is 0 Å². The minimum atomic E-state index is -2.34. The summed E-state index contributed by atoms with van der Waals surface area (Å²) in [7, 11) is -2.34. The number of alkyl carbamates (subject to hydrolysis) is 2. The molecule has 2 aliphatic heterocycles. The molecular formula is C28H49N7O8Si. The topological polar surface area (TPSA) is 181 Å². The summed E-state index contributed by atoms with van der Waals surface area (Å²) < 4.78 is 23.4. The molecule has 15 nitrogen and oxygen atoms in total. The van der Waals surface area contributed by atoms with Crippen molar-refractivity contribution in [1.29, 1.82) is 0 Å². The van der Waals surface area contributed by atoms with Crippen molar-refractivity contribution in [2.24, 2.45) is 4.99 Å². The van der Waals surface area contributed by atoms with Gasteiger partial charge in [-0.2, -0.15) is 0 Å². The van der Waals surface area contributed by atoms with Gasteiger partial charge in [-0.3, -0.25) is 15.8 Å². The van der Waals surface area contributed by atoms with Crippen LogP contribution in [0.2, 0.25) is 18.1 Å². The van der Waals surface area contributed by atoms with Crippen LogP contribution in [0, 0.1) is 0 Å². The zero-order valence-electron chi connectivity index (χ0n) is 27.8. The Hall–Kier alpha value is -3.24. The van der Waals surface area contributed by atoms with Crippen LogP contribution in [0.4, 0.5) is 14.4 Å². The van der Waals surface area contributed by atoms with Gasteiger partial charge in [0.2, 0.25) is 17.7 Å². The summed E-state index contributed by atoms with van der Waals surface area (Å²) in [6.07, 6.45) is -0.793. The van der Waals surface area contributed by atoms with E-state index in [0.717, 1.165) is 5.06 Å². The van der Waals surface area contributed by atoms with E-state index in [0.29, 0.717) is 19.4 Å². The molecule has 248 valence electrons. The minimum Gasteiger partial charge on any atom is -0.444 e. The molecule has 2 bridgehead atoms. The molecule has 0 aliphatic carbocycles. The first-order valence-electron chi connectivity index (χ1n) is 14.9. The Bertz CT molecular complexity index is 1200. The van der Waals surface area contributed by atoms with E-state index < -0.39 is 49.9 Å². The molecule has 4 amide bonds. The van der Waals surface area contributed by atoms with Gasteiger partial charge >= 0.3 is 18.2 Å². The highest BCUT2D eigenvalue weighted by atomic mass is 28.4. The molecular weight excluding hydrogens is 590 g/mol. The fourth-order valence-electron chi connectivity index (χ4n) is 4.43. The lowest BCUT2D eigenvalue weighted by molar-refractivity contribution is -0.0584. The number of guanidine groups is 1. The molecule has 2 aliphatic rings. The monoisotopic (exact) mass is 639 g/mol. The second kappa shape index (κ2) is 13.0. The fraction of sp³-hybridized carbons (Fsp3) is 0.786. The first-order valence-corrected chi connectivity index (χ1v) is 17.8. The van der Waals surface area contributed by atoms with E-state index in [-0.39, 0.29) is 41.8 Å². The third kappa shape index (κ3) is 9.63. The van der Waals surface area contributed by atoms with Crippen LogP contribution in [-0.2, 0) is 20.3 Å². The number of hydrogen-bond donors (Lipinski definition) is 3. The van der Waals surface area contributed by atoms with Crippen LogP contribution in [0.25, 0.3) is 0 Å². The van der Waals surface area contributed by atoms with E-state index in [9.17, 15) is 19.6 Å². The lowest BCUT2D eigenvalue weighted by atomic mass is 10.0. The summed E-state index contributed by atoms with van der Waals surface area (Å²) in [6.45, 7) is 21.2. The summed E-state index contributed by atoms with van der Waals surface area (Å²) >= 11 is 0. The maximum atomic E-state index is 12.6. The highest BCUT2D eigenvalue weighted by molar-refractivity contribution is 6.74. The molecule has 0 saturated carbocycles. The van der Waals surface area contributed by atoms with Gasteiger partial charge in [-0.05, 0) is 72.5 Å². The molecule has 44 heavy (non-hydrogen) atoms. The van der Waals surface area contributed by atoms with Crippen LogP contribution in [0.1, 0.15) is 93.0 Å². The van der Waals surface area contributed by atoms with Gasteiger partial charge in [-0.15, -0.1) is 10.2 Å². The third-order valence-electron chi connectivity index (χ3n) is 7.47. The predicted molar refractivity (Wildman–Crippen MR) is 163 cm³/mol.